The van der Waals surface area contributed by atoms with E-state index >= 15 is 0 Å². The van der Waals surface area contributed by atoms with E-state index in [9.17, 15) is 0 Å². The molecule has 0 radical (unpaired) electrons. The van der Waals surface area contributed by atoms with Crippen LogP contribution in [0.15, 0.2) is 0 Å². The third-order valence-corrected chi connectivity index (χ3v) is 2.94. The topological polar surface area (TPSA) is 37.8 Å². The Labute approximate surface area is 76.2 Å². The van der Waals surface area contributed by atoms with Crippen molar-refractivity contribution in [1.82, 2.24) is 15.5 Å². The van der Waals surface area contributed by atoms with Crippen molar-refractivity contribution in [2.75, 3.05) is 7.05 Å². The Morgan fingerprint density at radius 2 is 2.17 bits per heavy atom. The Morgan fingerprint density at radius 1 is 1.42 bits per heavy atom. The fourth-order valence-electron chi connectivity index (χ4n) is 1.16. The Morgan fingerprint density at radius 3 is 2.83 bits per heavy atom. The number of hydrogen-bond acceptors (Lipinski definition) is 4. The van der Waals surface area contributed by atoms with Gasteiger partial charge in [-0.05, 0) is 25.8 Å². The van der Waals surface area contributed by atoms with Gasteiger partial charge in [0.2, 0.25) is 0 Å². The van der Waals surface area contributed by atoms with E-state index in [0.29, 0.717) is 0 Å². The van der Waals surface area contributed by atoms with E-state index in [2.05, 4.69) is 15.5 Å². The van der Waals surface area contributed by atoms with E-state index in [1.54, 1.807) is 11.3 Å². The standard InChI is InChI=1S/C8H13N3S/c1-9-5-8-11-10-7(12-8)4-6-2-3-6/h6,9H,2-5H2,1H3. The summed E-state index contributed by atoms with van der Waals surface area (Å²) >= 11 is 1.74. The molecule has 0 amide bonds. The second-order valence-corrected chi connectivity index (χ2v) is 4.41. The quantitative estimate of drug-likeness (QED) is 0.762. The lowest BCUT2D eigenvalue weighted by Crippen LogP contribution is -2.04. The second-order valence-electron chi connectivity index (χ2n) is 3.27. The maximum absolute atomic E-state index is 4.14. The van der Waals surface area contributed by atoms with Gasteiger partial charge in [0.05, 0.1) is 0 Å². The molecule has 1 aliphatic carbocycles. The summed E-state index contributed by atoms with van der Waals surface area (Å²) in [6.07, 6.45) is 3.93. The highest BCUT2D eigenvalue weighted by Gasteiger charge is 2.23. The number of nitrogens with zero attached hydrogens (tertiary/aromatic N) is 2. The molecular weight excluding hydrogens is 170 g/mol. The van der Waals surface area contributed by atoms with Crippen molar-refractivity contribution in [2.45, 2.75) is 25.8 Å². The van der Waals surface area contributed by atoms with Gasteiger partial charge in [0.1, 0.15) is 10.0 Å². The first-order valence-corrected chi connectivity index (χ1v) is 5.16. The zero-order valence-corrected chi connectivity index (χ0v) is 8.02. The number of nitrogens with one attached hydrogen (secondary N) is 1. The monoisotopic (exact) mass is 183 g/mol. The van der Waals surface area contributed by atoms with Gasteiger partial charge in [-0.15, -0.1) is 21.5 Å². The van der Waals surface area contributed by atoms with Gasteiger partial charge in [0, 0.05) is 13.0 Å². The highest BCUT2D eigenvalue weighted by atomic mass is 32.1. The van der Waals surface area contributed by atoms with E-state index < -0.39 is 0 Å². The van der Waals surface area contributed by atoms with Crippen LogP contribution in [0.2, 0.25) is 0 Å². The Bertz CT molecular complexity index is 255. The number of hydrogen-bond donors (Lipinski definition) is 1. The zero-order chi connectivity index (χ0) is 8.39. The van der Waals surface area contributed by atoms with Crippen LogP contribution in [-0.4, -0.2) is 17.2 Å². The highest BCUT2D eigenvalue weighted by molar-refractivity contribution is 7.11. The van der Waals surface area contributed by atoms with Crippen LogP contribution < -0.4 is 5.32 Å². The first kappa shape index (κ1) is 8.13. The SMILES string of the molecule is CNCc1nnc(CC2CC2)s1. The van der Waals surface area contributed by atoms with Crippen LogP contribution in [0.1, 0.15) is 22.9 Å². The van der Waals surface area contributed by atoms with Crippen molar-refractivity contribution in [2.24, 2.45) is 5.92 Å². The van der Waals surface area contributed by atoms with Gasteiger partial charge >= 0.3 is 0 Å². The molecule has 0 bridgehead atoms. The zero-order valence-electron chi connectivity index (χ0n) is 7.21. The molecule has 3 nitrogen and oxygen atoms in total. The predicted molar refractivity (Wildman–Crippen MR) is 49.1 cm³/mol. The maximum Gasteiger partial charge on any atom is 0.131 e. The molecule has 4 heteroatoms. The summed E-state index contributed by atoms with van der Waals surface area (Å²) in [7, 11) is 1.93. The van der Waals surface area contributed by atoms with Gasteiger partial charge in [-0.1, -0.05) is 0 Å². The van der Waals surface area contributed by atoms with Gasteiger partial charge in [-0.3, -0.25) is 0 Å². The molecule has 0 aromatic carbocycles. The number of aromatic nitrogens is 2. The van der Waals surface area contributed by atoms with Crippen molar-refractivity contribution < 1.29 is 0 Å². The largest absolute Gasteiger partial charge is 0.313 e. The molecule has 0 saturated heterocycles. The predicted octanol–water partition coefficient (Wildman–Crippen LogP) is 1.21. The number of rotatable bonds is 4. The normalized spacial score (nSPS) is 16.8. The van der Waals surface area contributed by atoms with Crippen molar-refractivity contribution in [3.05, 3.63) is 10.0 Å². The molecule has 0 aliphatic heterocycles. The van der Waals surface area contributed by atoms with Crippen LogP contribution in [0.4, 0.5) is 0 Å². The lowest BCUT2D eigenvalue weighted by Gasteiger charge is -1.89. The molecule has 0 spiro atoms. The van der Waals surface area contributed by atoms with Crippen LogP contribution in [-0.2, 0) is 13.0 Å². The highest BCUT2D eigenvalue weighted by Crippen LogP contribution is 2.33. The maximum atomic E-state index is 4.14. The minimum absolute atomic E-state index is 0.850. The van der Waals surface area contributed by atoms with Gasteiger partial charge in [0.15, 0.2) is 0 Å². The minimum atomic E-state index is 0.850. The van der Waals surface area contributed by atoms with E-state index in [-0.39, 0.29) is 0 Å². The Hall–Kier alpha value is -0.480. The molecule has 1 saturated carbocycles. The Balaban J connectivity index is 1.92. The van der Waals surface area contributed by atoms with E-state index in [4.69, 9.17) is 0 Å². The van der Waals surface area contributed by atoms with Crippen LogP contribution >= 0.6 is 11.3 Å². The molecule has 1 aromatic heterocycles. The van der Waals surface area contributed by atoms with Gasteiger partial charge in [-0.25, -0.2) is 0 Å². The summed E-state index contributed by atoms with van der Waals surface area (Å²) in [5.74, 6) is 0.917. The third-order valence-electron chi connectivity index (χ3n) is 2.00. The first-order valence-electron chi connectivity index (χ1n) is 4.34. The summed E-state index contributed by atoms with van der Waals surface area (Å²) < 4.78 is 0. The molecular formula is C8H13N3S. The molecule has 1 N–H and O–H groups in total. The van der Waals surface area contributed by atoms with Gasteiger partial charge < -0.3 is 5.32 Å². The molecule has 1 aliphatic rings. The van der Waals surface area contributed by atoms with Crippen LogP contribution in [0.3, 0.4) is 0 Å². The summed E-state index contributed by atoms with van der Waals surface area (Å²) in [6, 6.07) is 0. The van der Waals surface area contributed by atoms with Gasteiger partial charge in [-0.2, -0.15) is 0 Å². The molecule has 1 aromatic rings. The van der Waals surface area contributed by atoms with Crippen LogP contribution in [0, 0.1) is 5.92 Å². The summed E-state index contributed by atoms with van der Waals surface area (Å²) in [4.78, 5) is 0. The van der Waals surface area contributed by atoms with Gasteiger partial charge in [0.25, 0.3) is 0 Å². The third kappa shape index (κ3) is 2.01. The lowest BCUT2D eigenvalue weighted by atomic mass is 10.3. The second kappa shape index (κ2) is 3.49. The molecule has 2 rings (SSSR count). The van der Waals surface area contributed by atoms with Crippen molar-refractivity contribution >= 4 is 11.3 Å². The average Bonchev–Trinajstić information content (AvgIpc) is 2.74. The molecule has 1 heterocycles. The van der Waals surface area contributed by atoms with E-state index in [1.807, 2.05) is 7.05 Å². The molecule has 0 unspecified atom stereocenters. The summed E-state index contributed by atoms with van der Waals surface area (Å²) in [5, 5.41) is 13.6. The van der Waals surface area contributed by atoms with Crippen molar-refractivity contribution in [3.8, 4) is 0 Å². The summed E-state index contributed by atoms with van der Waals surface area (Å²) in [6.45, 7) is 0.850. The first-order chi connectivity index (χ1) is 5.88. The fourth-order valence-corrected chi connectivity index (χ4v) is 2.13. The molecule has 0 atom stereocenters. The molecule has 66 valence electrons. The smallest absolute Gasteiger partial charge is 0.131 e. The summed E-state index contributed by atoms with van der Waals surface area (Å²) in [5.41, 5.74) is 0. The minimum Gasteiger partial charge on any atom is -0.313 e. The van der Waals surface area contributed by atoms with Crippen molar-refractivity contribution in [3.63, 3.8) is 0 Å². The average molecular weight is 183 g/mol. The molecule has 1 fully saturated rings. The van der Waals surface area contributed by atoms with Crippen molar-refractivity contribution in [1.29, 1.82) is 0 Å². The van der Waals surface area contributed by atoms with Crippen LogP contribution in [0.25, 0.3) is 0 Å². The Kier molecular flexibility index (Phi) is 2.37. The van der Waals surface area contributed by atoms with E-state index in [0.717, 1.165) is 23.9 Å². The van der Waals surface area contributed by atoms with E-state index in [1.165, 1.54) is 17.8 Å². The van der Waals surface area contributed by atoms with Crippen LogP contribution in [0.5, 0.6) is 0 Å². The lowest BCUT2D eigenvalue weighted by molar-refractivity contribution is 0.776. The molecule has 12 heavy (non-hydrogen) atoms. The fraction of sp³-hybridized carbons (Fsp3) is 0.750.